The SMILES string of the molecule is CCC(COC)NC(C)c1cccnc1Cl. The number of hydrogen-bond donors (Lipinski definition) is 1. The van der Waals surface area contributed by atoms with Crippen molar-refractivity contribution in [2.75, 3.05) is 13.7 Å². The van der Waals surface area contributed by atoms with Gasteiger partial charge < -0.3 is 10.1 Å². The predicted octanol–water partition coefficient (Wildman–Crippen LogP) is 2.81. The van der Waals surface area contributed by atoms with Gasteiger partial charge in [0, 0.05) is 31.0 Å². The van der Waals surface area contributed by atoms with Crippen LogP contribution in [0.1, 0.15) is 31.9 Å². The zero-order chi connectivity index (χ0) is 12.0. The lowest BCUT2D eigenvalue weighted by molar-refractivity contribution is 0.159. The highest BCUT2D eigenvalue weighted by Crippen LogP contribution is 2.20. The van der Waals surface area contributed by atoms with E-state index in [2.05, 4.69) is 24.1 Å². The van der Waals surface area contributed by atoms with Crippen LogP contribution in [0, 0.1) is 0 Å². The number of methoxy groups -OCH3 is 1. The van der Waals surface area contributed by atoms with Crippen molar-refractivity contribution in [1.29, 1.82) is 0 Å². The normalized spacial score (nSPS) is 14.8. The Morgan fingerprint density at radius 2 is 2.31 bits per heavy atom. The smallest absolute Gasteiger partial charge is 0.133 e. The molecule has 0 aliphatic carbocycles. The van der Waals surface area contributed by atoms with E-state index in [-0.39, 0.29) is 6.04 Å². The lowest BCUT2D eigenvalue weighted by Gasteiger charge is -2.22. The quantitative estimate of drug-likeness (QED) is 0.779. The molecule has 0 bridgehead atoms. The van der Waals surface area contributed by atoms with Gasteiger partial charge in [0.15, 0.2) is 0 Å². The Labute approximate surface area is 102 Å². The van der Waals surface area contributed by atoms with Gasteiger partial charge >= 0.3 is 0 Å². The zero-order valence-electron chi connectivity index (χ0n) is 10.0. The van der Waals surface area contributed by atoms with E-state index in [1.54, 1.807) is 13.3 Å². The first-order valence-electron chi connectivity index (χ1n) is 5.54. The molecule has 0 saturated heterocycles. The molecule has 0 aliphatic heterocycles. The minimum atomic E-state index is 0.182. The van der Waals surface area contributed by atoms with Gasteiger partial charge in [0.05, 0.1) is 6.61 Å². The van der Waals surface area contributed by atoms with Crippen molar-refractivity contribution in [1.82, 2.24) is 10.3 Å². The molecule has 3 nitrogen and oxygen atoms in total. The molecular weight excluding hydrogens is 224 g/mol. The first kappa shape index (κ1) is 13.4. The molecule has 0 amide bonds. The third-order valence-corrected chi connectivity index (χ3v) is 2.92. The molecule has 0 radical (unpaired) electrons. The molecule has 1 aromatic rings. The second-order valence-electron chi connectivity index (χ2n) is 3.83. The maximum atomic E-state index is 6.04. The van der Waals surface area contributed by atoms with Crippen molar-refractivity contribution in [3.05, 3.63) is 29.0 Å². The van der Waals surface area contributed by atoms with Crippen LogP contribution in [-0.4, -0.2) is 24.7 Å². The molecule has 1 aromatic heterocycles. The maximum Gasteiger partial charge on any atom is 0.133 e. The lowest BCUT2D eigenvalue weighted by atomic mass is 10.1. The zero-order valence-corrected chi connectivity index (χ0v) is 10.8. The first-order chi connectivity index (χ1) is 7.69. The monoisotopic (exact) mass is 242 g/mol. The molecule has 4 heteroatoms. The fourth-order valence-corrected chi connectivity index (χ4v) is 1.93. The van der Waals surface area contributed by atoms with E-state index in [1.165, 1.54) is 0 Å². The van der Waals surface area contributed by atoms with Crippen LogP contribution < -0.4 is 5.32 Å². The van der Waals surface area contributed by atoms with Crippen LogP contribution in [0.15, 0.2) is 18.3 Å². The van der Waals surface area contributed by atoms with Crippen LogP contribution in [0.25, 0.3) is 0 Å². The number of aromatic nitrogens is 1. The summed E-state index contributed by atoms with van der Waals surface area (Å²) >= 11 is 6.04. The minimum absolute atomic E-state index is 0.182. The first-order valence-corrected chi connectivity index (χ1v) is 5.92. The van der Waals surface area contributed by atoms with Crippen LogP contribution in [0.3, 0.4) is 0 Å². The highest BCUT2D eigenvalue weighted by Gasteiger charge is 2.14. The van der Waals surface area contributed by atoms with Crippen LogP contribution in [-0.2, 0) is 4.74 Å². The van der Waals surface area contributed by atoms with Gasteiger partial charge in [-0.25, -0.2) is 4.98 Å². The van der Waals surface area contributed by atoms with Crippen molar-refractivity contribution < 1.29 is 4.74 Å². The topological polar surface area (TPSA) is 34.1 Å². The predicted molar refractivity (Wildman–Crippen MR) is 66.8 cm³/mol. The fraction of sp³-hybridized carbons (Fsp3) is 0.583. The molecule has 2 atom stereocenters. The lowest BCUT2D eigenvalue weighted by Crippen LogP contribution is -2.34. The summed E-state index contributed by atoms with van der Waals surface area (Å²) in [5, 5.41) is 4.04. The summed E-state index contributed by atoms with van der Waals surface area (Å²) in [5.41, 5.74) is 1.03. The van der Waals surface area contributed by atoms with E-state index in [4.69, 9.17) is 16.3 Å². The van der Waals surface area contributed by atoms with E-state index in [1.807, 2.05) is 12.1 Å². The second-order valence-corrected chi connectivity index (χ2v) is 4.19. The maximum absolute atomic E-state index is 6.04. The number of hydrogen-bond acceptors (Lipinski definition) is 3. The summed E-state index contributed by atoms with van der Waals surface area (Å²) < 4.78 is 5.15. The molecule has 0 spiro atoms. The number of nitrogens with zero attached hydrogens (tertiary/aromatic N) is 1. The van der Waals surface area contributed by atoms with Crippen molar-refractivity contribution in [2.24, 2.45) is 0 Å². The van der Waals surface area contributed by atoms with Crippen LogP contribution in [0.2, 0.25) is 5.15 Å². The summed E-state index contributed by atoms with van der Waals surface area (Å²) in [6.07, 6.45) is 2.72. The molecule has 1 rings (SSSR count). The van der Waals surface area contributed by atoms with Gasteiger partial charge in [0.25, 0.3) is 0 Å². The molecule has 90 valence electrons. The standard InChI is InChI=1S/C12H19ClN2O/c1-4-10(8-16-3)15-9(2)11-6-5-7-14-12(11)13/h5-7,9-10,15H,4,8H2,1-3H3. The third kappa shape index (κ3) is 3.74. The molecule has 0 aliphatic rings. The molecular formula is C12H19ClN2O. The Balaban J connectivity index is 2.64. The van der Waals surface area contributed by atoms with Crippen molar-refractivity contribution >= 4 is 11.6 Å². The molecule has 2 unspecified atom stereocenters. The Morgan fingerprint density at radius 3 is 2.88 bits per heavy atom. The fourth-order valence-electron chi connectivity index (χ4n) is 1.65. The van der Waals surface area contributed by atoms with Gasteiger partial charge in [-0.15, -0.1) is 0 Å². The minimum Gasteiger partial charge on any atom is -0.383 e. The van der Waals surface area contributed by atoms with Crippen molar-refractivity contribution in [3.8, 4) is 0 Å². The number of rotatable bonds is 6. The van der Waals surface area contributed by atoms with Gasteiger partial charge in [-0.05, 0) is 19.4 Å². The van der Waals surface area contributed by atoms with Crippen LogP contribution in [0.5, 0.6) is 0 Å². The van der Waals surface area contributed by atoms with E-state index in [9.17, 15) is 0 Å². The van der Waals surface area contributed by atoms with Crippen molar-refractivity contribution in [2.45, 2.75) is 32.4 Å². The Hall–Kier alpha value is -0.640. The molecule has 0 saturated carbocycles. The Kier molecular flexibility index (Phi) is 5.74. The van der Waals surface area contributed by atoms with Crippen molar-refractivity contribution in [3.63, 3.8) is 0 Å². The van der Waals surface area contributed by atoms with E-state index < -0.39 is 0 Å². The van der Waals surface area contributed by atoms with Gasteiger partial charge in [0.2, 0.25) is 0 Å². The number of halogens is 1. The second kappa shape index (κ2) is 6.84. The van der Waals surface area contributed by atoms with E-state index >= 15 is 0 Å². The highest BCUT2D eigenvalue weighted by atomic mass is 35.5. The van der Waals surface area contributed by atoms with E-state index in [0.717, 1.165) is 12.0 Å². The number of nitrogens with one attached hydrogen (secondary N) is 1. The van der Waals surface area contributed by atoms with Gasteiger partial charge in [-0.1, -0.05) is 24.6 Å². The summed E-state index contributed by atoms with van der Waals surface area (Å²) in [7, 11) is 1.71. The molecule has 1 N–H and O–H groups in total. The van der Waals surface area contributed by atoms with Crippen LogP contribution in [0.4, 0.5) is 0 Å². The molecule has 16 heavy (non-hydrogen) atoms. The van der Waals surface area contributed by atoms with Crippen LogP contribution >= 0.6 is 11.6 Å². The summed E-state index contributed by atoms with van der Waals surface area (Å²) in [4.78, 5) is 4.07. The summed E-state index contributed by atoms with van der Waals surface area (Å²) in [6, 6.07) is 4.42. The molecule has 0 aromatic carbocycles. The molecule has 1 heterocycles. The molecule has 0 fully saturated rings. The highest BCUT2D eigenvalue weighted by molar-refractivity contribution is 6.30. The summed E-state index contributed by atoms with van der Waals surface area (Å²) in [5.74, 6) is 0. The third-order valence-electron chi connectivity index (χ3n) is 2.60. The largest absolute Gasteiger partial charge is 0.383 e. The average molecular weight is 243 g/mol. The average Bonchev–Trinajstić information content (AvgIpc) is 2.28. The van der Waals surface area contributed by atoms with Gasteiger partial charge in [-0.3, -0.25) is 0 Å². The van der Waals surface area contributed by atoms with Gasteiger partial charge in [-0.2, -0.15) is 0 Å². The Morgan fingerprint density at radius 1 is 1.56 bits per heavy atom. The summed E-state index contributed by atoms with van der Waals surface area (Å²) in [6.45, 7) is 4.92. The number of ether oxygens (including phenoxy) is 1. The van der Waals surface area contributed by atoms with E-state index in [0.29, 0.717) is 17.8 Å². The van der Waals surface area contributed by atoms with Gasteiger partial charge in [0.1, 0.15) is 5.15 Å². The Bertz CT molecular complexity index is 320. The number of pyridine rings is 1.